The first-order valence-electron chi connectivity index (χ1n) is 7.52. The summed E-state index contributed by atoms with van der Waals surface area (Å²) in [5, 5.41) is 3.11. The van der Waals surface area contributed by atoms with E-state index in [4.69, 9.17) is 4.74 Å². The van der Waals surface area contributed by atoms with Crippen LogP contribution in [0.2, 0.25) is 0 Å². The first kappa shape index (κ1) is 16.8. The molecule has 3 nitrogen and oxygen atoms in total. The number of rotatable bonds is 5. The van der Waals surface area contributed by atoms with E-state index in [9.17, 15) is 18.0 Å². The van der Waals surface area contributed by atoms with E-state index in [0.717, 1.165) is 31.5 Å². The van der Waals surface area contributed by atoms with Crippen molar-refractivity contribution in [2.45, 2.75) is 32.4 Å². The lowest BCUT2D eigenvalue weighted by Crippen LogP contribution is -2.34. The number of alkyl halides is 3. The molecular formula is C16H20F3NO2. The molecule has 6 heteroatoms. The summed E-state index contributed by atoms with van der Waals surface area (Å²) in [6, 6.07) is 3.13. The average molecular weight is 315 g/mol. The Kier molecular flexibility index (Phi) is 5.45. The second-order valence-electron chi connectivity index (χ2n) is 5.46. The van der Waals surface area contributed by atoms with Gasteiger partial charge in [0, 0.05) is 12.5 Å². The molecule has 1 unspecified atom stereocenters. The zero-order chi connectivity index (χ0) is 16.2. The molecule has 1 N–H and O–H groups in total. The highest BCUT2D eigenvalue weighted by Crippen LogP contribution is 2.34. The van der Waals surface area contributed by atoms with Crippen LogP contribution in [0.25, 0.3) is 0 Å². The number of nitrogens with one attached hydrogen (secondary N) is 1. The Morgan fingerprint density at radius 2 is 2.18 bits per heavy atom. The maximum absolute atomic E-state index is 12.9. The monoisotopic (exact) mass is 315 g/mol. The molecule has 0 amide bonds. The molecule has 0 aliphatic carbocycles. The summed E-state index contributed by atoms with van der Waals surface area (Å²) < 4.78 is 44.1. The molecule has 0 aromatic heterocycles. The lowest BCUT2D eigenvalue weighted by atomic mass is 9.90. The molecule has 1 fully saturated rings. The van der Waals surface area contributed by atoms with Crippen LogP contribution in [0.15, 0.2) is 18.2 Å². The molecule has 22 heavy (non-hydrogen) atoms. The zero-order valence-corrected chi connectivity index (χ0v) is 12.5. The van der Waals surface area contributed by atoms with Crippen LogP contribution < -0.4 is 10.1 Å². The Morgan fingerprint density at radius 1 is 1.41 bits per heavy atom. The molecule has 0 saturated carbocycles. The predicted octanol–water partition coefficient (Wildman–Crippen LogP) is 3.68. The third-order valence-corrected chi connectivity index (χ3v) is 3.70. The van der Waals surface area contributed by atoms with Gasteiger partial charge >= 0.3 is 6.18 Å². The minimum Gasteiger partial charge on any atom is -0.493 e. The largest absolute Gasteiger partial charge is 0.493 e. The van der Waals surface area contributed by atoms with E-state index in [-0.39, 0.29) is 23.0 Å². The highest BCUT2D eigenvalue weighted by molar-refractivity contribution is 6.00. The van der Waals surface area contributed by atoms with E-state index in [1.165, 1.54) is 6.07 Å². The minimum atomic E-state index is -4.47. The standard InChI is InChI=1S/C16H20F3NO2/c1-2-8-22-14-6-5-12(16(17,18)19)9-13(14)15(21)11-4-3-7-20-10-11/h5-6,9,11,20H,2-4,7-8,10H2,1H3. The summed E-state index contributed by atoms with van der Waals surface area (Å²) in [6.45, 7) is 3.61. The van der Waals surface area contributed by atoms with Gasteiger partial charge in [0.1, 0.15) is 5.75 Å². The third-order valence-electron chi connectivity index (χ3n) is 3.70. The van der Waals surface area contributed by atoms with E-state index >= 15 is 0 Å². The van der Waals surface area contributed by atoms with Gasteiger partial charge in [-0.3, -0.25) is 4.79 Å². The number of piperidine rings is 1. The van der Waals surface area contributed by atoms with Gasteiger partial charge in [-0.05, 0) is 44.0 Å². The van der Waals surface area contributed by atoms with Crippen LogP contribution in [0.3, 0.4) is 0 Å². The molecular weight excluding hydrogens is 295 g/mol. The van der Waals surface area contributed by atoms with Gasteiger partial charge in [0.05, 0.1) is 17.7 Å². The van der Waals surface area contributed by atoms with Crippen molar-refractivity contribution in [3.05, 3.63) is 29.3 Å². The van der Waals surface area contributed by atoms with Crippen molar-refractivity contribution in [3.63, 3.8) is 0 Å². The number of Topliss-reactive ketones (excluding diaryl/α,β-unsaturated/α-hetero) is 1. The number of carbonyl (C=O) groups is 1. The molecule has 122 valence electrons. The molecule has 2 rings (SSSR count). The molecule has 1 aliphatic heterocycles. The first-order valence-corrected chi connectivity index (χ1v) is 7.52. The van der Waals surface area contributed by atoms with Crippen molar-refractivity contribution in [1.29, 1.82) is 0 Å². The molecule has 1 aromatic carbocycles. The molecule has 1 aliphatic rings. The van der Waals surface area contributed by atoms with Gasteiger partial charge in [0.25, 0.3) is 0 Å². The van der Waals surface area contributed by atoms with E-state index in [2.05, 4.69) is 5.32 Å². The van der Waals surface area contributed by atoms with Crippen molar-refractivity contribution in [1.82, 2.24) is 5.32 Å². The average Bonchev–Trinajstić information content (AvgIpc) is 2.52. The SMILES string of the molecule is CCCOc1ccc(C(F)(F)F)cc1C(=O)C1CCCNC1. The third kappa shape index (κ3) is 4.00. The van der Waals surface area contributed by atoms with Crippen molar-refractivity contribution in [2.75, 3.05) is 19.7 Å². The first-order chi connectivity index (χ1) is 10.4. The lowest BCUT2D eigenvalue weighted by Gasteiger charge is -2.23. The second kappa shape index (κ2) is 7.13. The van der Waals surface area contributed by atoms with Crippen molar-refractivity contribution >= 4 is 5.78 Å². The Labute approximate surface area is 127 Å². The smallest absolute Gasteiger partial charge is 0.416 e. The number of halogens is 3. The summed E-state index contributed by atoms with van der Waals surface area (Å²) in [5.41, 5.74) is -0.777. The maximum Gasteiger partial charge on any atom is 0.416 e. The number of carbonyl (C=O) groups excluding carboxylic acids is 1. The molecule has 1 saturated heterocycles. The second-order valence-corrected chi connectivity index (χ2v) is 5.46. The quantitative estimate of drug-likeness (QED) is 0.843. The van der Waals surface area contributed by atoms with Crippen LogP contribution in [0, 0.1) is 5.92 Å². The van der Waals surface area contributed by atoms with Crippen LogP contribution >= 0.6 is 0 Å². The summed E-state index contributed by atoms with van der Waals surface area (Å²) in [4.78, 5) is 12.6. The van der Waals surface area contributed by atoms with Crippen LogP contribution in [0.4, 0.5) is 13.2 Å². The number of ketones is 1. The number of hydrogen-bond acceptors (Lipinski definition) is 3. The Bertz CT molecular complexity index is 523. The van der Waals surface area contributed by atoms with E-state index < -0.39 is 11.7 Å². The highest BCUT2D eigenvalue weighted by Gasteiger charge is 2.33. The van der Waals surface area contributed by atoms with Gasteiger partial charge in [0.2, 0.25) is 0 Å². The molecule has 0 radical (unpaired) electrons. The Hall–Kier alpha value is -1.56. The Balaban J connectivity index is 2.33. The van der Waals surface area contributed by atoms with E-state index in [1.54, 1.807) is 0 Å². The molecule has 0 spiro atoms. The van der Waals surface area contributed by atoms with Gasteiger partial charge in [-0.15, -0.1) is 0 Å². The number of benzene rings is 1. The van der Waals surface area contributed by atoms with E-state index in [0.29, 0.717) is 19.6 Å². The van der Waals surface area contributed by atoms with Gasteiger partial charge in [0.15, 0.2) is 5.78 Å². The van der Waals surface area contributed by atoms with Crippen molar-refractivity contribution < 1.29 is 22.7 Å². The van der Waals surface area contributed by atoms with Gasteiger partial charge < -0.3 is 10.1 Å². The number of hydrogen-bond donors (Lipinski definition) is 1. The minimum absolute atomic E-state index is 0.0389. The number of ether oxygens (including phenoxy) is 1. The normalized spacial score (nSPS) is 19.0. The van der Waals surface area contributed by atoms with E-state index in [1.807, 2.05) is 6.92 Å². The van der Waals surface area contributed by atoms with Crippen LogP contribution in [0.1, 0.15) is 42.1 Å². The summed E-state index contributed by atoms with van der Waals surface area (Å²) in [5.74, 6) is -0.323. The topological polar surface area (TPSA) is 38.3 Å². The molecule has 1 aromatic rings. The fraction of sp³-hybridized carbons (Fsp3) is 0.562. The fourth-order valence-corrected chi connectivity index (χ4v) is 2.53. The predicted molar refractivity (Wildman–Crippen MR) is 77.2 cm³/mol. The van der Waals surface area contributed by atoms with Crippen LogP contribution in [0.5, 0.6) is 5.75 Å². The summed E-state index contributed by atoms with van der Waals surface area (Å²) >= 11 is 0. The van der Waals surface area contributed by atoms with Crippen molar-refractivity contribution in [2.24, 2.45) is 5.92 Å². The highest BCUT2D eigenvalue weighted by atomic mass is 19.4. The molecule has 1 heterocycles. The molecule has 0 bridgehead atoms. The zero-order valence-electron chi connectivity index (χ0n) is 12.5. The van der Waals surface area contributed by atoms with Crippen LogP contribution in [-0.4, -0.2) is 25.5 Å². The van der Waals surface area contributed by atoms with Crippen molar-refractivity contribution in [3.8, 4) is 5.75 Å². The fourth-order valence-electron chi connectivity index (χ4n) is 2.53. The summed E-state index contributed by atoms with van der Waals surface area (Å²) in [7, 11) is 0. The maximum atomic E-state index is 12.9. The summed E-state index contributed by atoms with van der Waals surface area (Å²) in [6.07, 6.45) is -2.21. The van der Waals surface area contributed by atoms with Gasteiger partial charge in [-0.25, -0.2) is 0 Å². The lowest BCUT2D eigenvalue weighted by molar-refractivity contribution is -0.137. The van der Waals surface area contributed by atoms with Gasteiger partial charge in [-0.1, -0.05) is 6.92 Å². The molecule has 1 atom stereocenters. The van der Waals surface area contributed by atoms with Crippen LogP contribution in [-0.2, 0) is 6.18 Å². The Morgan fingerprint density at radius 3 is 2.77 bits per heavy atom. The van der Waals surface area contributed by atoms with Gasteiger partial charge in [-0.2, -0.15) is 13.2 Å².